The molecule has 3 nitrogen and oxygen atoms in total. The highest BCUT2D eigenvalue weighted by Crippen LogP contribution is 2.26. The highest BCUT2D eigenvalue weighted by atomic mass is 35.5. The largest absolute Gasteiger partial charge is 0.368 e. The molecule has 2 fully saturated rings. The number of piperazine rings is 1. The summed E-state index contributed by atoms with van der Waals surface area (Å²) in [5.74, 6) is 0. The summed E-state index contributed by atoms with van der Waals surface area (Å²) < 4.78 is 0. The molecule has 1 aliphatic heterocycles. The Balaban J connectivity index is 1.44. The van der Waals surface area contributed by atoms with Crippen molar-refractivity contribution in [1.29, 1.82) is 0 Å². The van der Waals surface area contributed by atoms with Gasteiger partial charge in [0.2, 0.25) is 0 Å². The van der Waals surface area contributed by atoms with Gasteiger partial charge in [-0.1, -0.05) is 23.7 Å². The lowest BCUT2D eigenvalue weighted by atomic mass is 10.1. The predicted octanol–water partition coefficient (Wildman–Crippen LogP) is 2.99. The van der Waals surface area contributed by atoms with Crippen LogP contribution in [-0.2, 0) is 0 Å². The number of hydrogen-bond acceptors (Lipinski definition) is 3. The van der Waals surface area contributed by atoms with Crippen molar-refractivity contribution in [1.82, 2.24) is 10.2 Å². The van der Waals surface area contributed by atoms with Crippen LogP contribution < -0.4 is 10.2 Å². The van der Waals surface area contributed by atoms with Gasteiger partial charge >= 0.3 is 0 Å². The van der Waals surface area contributed by atoms with Crippen LogP contribution in [0.5, 0.6) is 0 Å². The molecule has 1 unspecified atom stereocenters. The lowest BCUT2D eigenvalue weighted by Gasteiger charge is -2.39. The average Bonchev–Trinajstić information content (AvgIpc) is 3.32. The Labute approximate surface area is 133 Å². The fourth-order valence-electron chi connectivity index (χ4n) is 3.08. The first kappa shape index (κ1) is 15.1. The second-order valence-electron chi connectivity index (χ2n) is 6.34. The first-order valence-corrected chi connectivity index (χ1v) is 8.59. The molecule has 4 heteroatoms. The Bertz CT molecular complexity index is 453. The number of benzene rings is 1. The van der Waals surface area contributed by atoms with E-state index in [0.717, 1.165) is 43.8 Å². The maximum absolute atomic E-state index is 6.30. The first-order chi connectivity index (χ1) is 10.2. The van der Waals surface area contributed by atoms with Crippen LogP contribution in [0, 0.1) is 0 Å². The molecule has 3 rings (SSSR count). The Morgan fingerprint density at radius 1 is 1.19 bits per heavy atom. The lowest BCUT2D eigenvalue weighted by molar-refractivity contribution is 0.188. The molecular weight excluding hydrogens is 282 g/mol. The van der Waals surface area contributed by atoms with E-state index in [2.05, 4.69) is 34.2 Å². The summed E-state index contributed by atoms with van der Waals surface area (Å²) in [6.45, 7) is 7.94. The third-order valence-corrected chi connectivity index (χ3v) is 5.02. The molecule has 1 heterocycles. The molecule has 0 amide bonds. The van der Waals surface area contributed by atoms with Crippen molar-refractivity contribution in [2.75, 3.05) is 37.6 Å². The summed E-state index contributed by atoms with van der Waals surface area (Å²) in [7, 11) is 0. The minimum Gasteiger partial charge on any atom is -0.368 e. The maximum atomic E-state index is 6.30. The summed E-state index contributed by atoms with van der Waals surface area (Å²) in [6.07, 6.45) is 4.01. The topological polar surface area (TPSA) is 18.5 Å². The summed E-state index contributed by atoms with van der Waals surface area (Å²) in [6, 6.07) is 9.67. The molecule has 0 radical (unpaired) electrons. The SMILES string of the molecule is CC(CCNC1CC1)N1CCN(c2ccccc2Cl)CC1. The van der Waals surface area contributed by atoms with Gasteiger partial charge in [0, 0.05) is 38.3 Å². The molecule has 21 heavy (non-hydrogen) atoms. The number of para-hydroxylation sites is 1. The van der Waals surface area contributed by atoms with Gasteiger partial charge in [-0.15, -0.1) is 0 Å². The number of rotatable bonds is 6. The van der Waals surface area contributed by atoms with Gasteiger partial charge in [0.15, 0.2) is 0 Å². The molecule has 2 aliphatic rings. The summed E-state index contributed by atoms with van der Waals surface area (Å²) >= 11 is 6.30. The highest BCUT2D eigenvalue weighted by Gasteiger charge is 2.23. The van der Waals surface area contributed by atoms with Crippen LogP contribution in [0.3, 0.4) is 0 Å². The minimum absolute atomic E-state index is 0.671. The van der Waals surface area contributed by atoms with Crippen LogP contribution in [0.2, 0.25) is 5.02 Å². The van der Waals surface area contributed by atoms with Crippen LogP contribution in [0.25, 0.3) is 0 Å². The van der Waals surface area contributed by atoms with Crippen molar-refractivity contribution in [2.45, 2.75) is 38.3 Å². The summed E-state index contributed by atoms with van der Waals surface area (Å²) in [5, 5.41) is 4.48. The normalized spacial score (nSPS) is 21.5. The number of nitrogens with one attached hydrogen (secondary N) is 1. The predicted molar refractivity (Wildman–Crippen MR) is 90.3 cm³/mol. The second-order valence-corrected chi connectivity index (χ2v) is 6.75. The lowest BCUT2D eigenvalue weighted by Crippen LogP contribution is -2.50. The van der Waals surface area contributed by atoms with Gasteiger partial charge in [-0.3, -0.25) is 4.90 Å². The van der Waals surface area contributed by atoms with Crippen molar-refractivity contribution in [2.24, 2.45) is 0 Å². The Morgan fingerprint density at radius 2 is 1.90 bits per heavy atom. The van der Waals surface area contributed by atoms with E-state index in [1.165, 1.54) is 24.9 Å². The molecule has 1 saturated carbocycles. The Kier molecular flexibility index (Phi) is 5.04. The van der Waals surface area contributed by atoms with E-state index < -0.39 is 0 Å². The Morgan fingerprint density at radius 3 is 2.57 bits per heavy atom. The van der Waals surface area contributed by atoms with Crippen LogP contribution in [0.15, 0.2) is 24.3 Å². The third kappa shape index (κ3) is 4.12. The standard InChI is InChI=1S/C17H26ClN3/c1-14(8-9-19-15-6-7-15)20-10-12-21(13-11-20)17-5-3-2-4-16(17)18/h2-5,14-15,19H,6-13H2,1H3. The Hall–Kier alpha value is -0.770. The molecule has 1 saturated heterocycles. The first-order valence-electron chi connectivity index (χ1n) is 8.21. The zero-order valence-electron chi connectivity index (χ0n) is 12.9. The maximum Gasteiger partial charge on any atom is 0.0639 e. The number of hydrogen-bond donors (Lipinski definition) is 1. The smallest absolute Gasteiger partial charge is 0.0639 e. The van der Waals surface area contributed by atoms with Gasteiger partial charge in [-0.25, -0.2) is 0 Å². The molecular formula is C17H26ClN3. The molecule has 0 bridgehead atoms. The summed E-state index contributed by atoms with van der Waals surface area (Å²) in [4.78, 5) is 5.02. The van der Waals surface area contributed by atoms with Crippen LogP contribution in [0.1, 0.15) is 26.2 Å². The summed E-state index contributed by atoms with van der Waals surface area (Å²) in [5.41, 5.74) is 1.18. The fourth-order valence-corrected chi connectivity index (χ4v) is 3.33. The molecule has 1 aromatic carbocycles. The van der Waals surface area contributed by atoms with E-state index in [-0.39, 0.29) is 0 Å². The van der Waals surface area contributed by atoms with Crippen LogP contribution in [0.4, 0.5) is 5.69 Å². The highest BCUT2D eigenvalue weighted by molar-refractivity contribution is 6.33. The quantitative estimate of drug-likeness (QED) is 0.871. The van der Waals surface area contributed by atoms with Crippen molar-refractivity contribution in [3.63, 3.8) is 0 Å². The van der Waals surface area contributed by atoms with Crippen molar-refractivity contribution >= 4 is 17.3 Å². The van der Waals surface area contributed by atoms with Gasteiger partial charge in [0.05, 0.1) is 10.7 Å². The molecule has 1 aromatic rings. The van der Waals surface area contributed by atoms with Gasteiger partial charge in [-0.2, -0.15) is 0 Å². The second kappa shape index (κ2) is 6.99. The van der Waals surface area contributed by atoms with Crippen LogP contribution >= 0.6 is 11.6 Å². The minimum atomic E-state index is 0.671. The van der Waals surface area contributed by atoms with Crippen LogP contribution in [-0.4, -0.2) is 49.7 Å². The van der Waals surface area contributed by atoms with Gasteiger partial charge in [-0.05, 0) is 44.9 Å². The van der Waals surface area contributed by atoms with E-state index in [1.807, 2.05) is 12.1 Å². The zero-order chi connectivity index (χ0) is 14.7. The van der Waals surface area contributed by atoms with E-state index in [1.54, 1.807) is 0 Å². The van der Waals surface area contributed by atoms with Gasteiger partial charge in [0.25, 0.3) is 0 Å². The molecule has 0 aromatic heterocycles. The van der Waals surface area contributed by atoms with Crippen molar-refractivity contribution in [3.8, 4) is 0 Å². The third-order valence-electron chi connectivity index (χ3n) is 4.70. The van der Waals surface area contributed by atoms with Gasteiger partial charge < -0.3 is 10.2 Å². The molecule has 1 aliphatic carbocycles. The fraction of sp³-hybridized carbons (Fsp3) is 0.647. The van der Waals surface area contributed by atoms with Crippen molar-refractivity contribution < 1.29 is 0 Å². The average molecular weight is 308 g/mol. The monoisotopic (exact) mass is 307 g/mol. The number of nitrogens with zero attached hydrogens (tertiary/aromatic N) is 2. The molecule has 1 atom stereocenters. The van der Waals surface area contributed by atoms with Crippen molar-refractivity contribution in [3.05, 3.63) is 29.3 Å². The van der Waals surface area contributed by atoms with E-state index in [9.17, 15) is 0 Å². The van der Waals surface area contributed by atoms with E-state index >= 15 is 0 Å². The molecule has 1 N–H and O–H groups in total. The van der Waals surface area contributed by atoms with E-state index in [4.69, 9.17) is 11.6 Å². The number of halogens is 1. The number of anilines is 1. The van der Waals surface area contributed by atoms with E-state index in [0.29, 0.717) is 6.04 Å². The molecule has 116 valence electrons. The van der Waals surface area contributed by atoms with Gasteiger partial charge in [0.1, 0.15) is 0 Å². The zero-order valence-corrected chi connectivity index (χ0v) is 13.6. The molecule has 0 spiro atoms.